The summed E-state index contributed by atoms with van der Waals surface area (Å²) in [6.07, 6.45) is -4.65. The van der Waals surface area contributed by atoms with Crippen LogP contribution in [0.5, 0.6) is 0 Å². The smallest absolute Gasteiger partial charge is 0.366 e. The number of benzene rings is 1. The fraction of sp³-hybridized carbons (Fsp3) is 0.111. The summed E-state index contributed by atoms with van der Waals surface area (Å²) < 4.78 is 38.5. The molecule has 1 amide bonds. The van der Waals surface area contributed by atoms with Crippen LogP contribution < -0.4 is 5.73 Å². The van der Waals surface area contributed by atoms with E-state index in [1.54, 1.807) is 0 Å². The number of hydrogen-bond donors (Lipinski definition) is 2. The van der Waals surface area contributed by atoms with E-state index in [1.165, 1.54) is 6.07 Å². The molecule has 0 atom stereocenters. The number of H-pyrrole nitrogens is 1. The summed E-state index contributed by atoms with van der Waals surface area (Å²) in [4.78, 5) is 10.9. The fourth-order valence-electron chi connectivity index (χ4n) is 1.40. The Kier molecular flexibility index (Phi) is 2.73. The minimum absolute atomic E-state index is 0.210. The van der Waals surface area contributed by atoms with Gasteiger partial charge >= 0.3 is 6.18 Å². The van der Waals surface area contributed by atoms with Crippen molar-refractivity contribution in [1.29, 1.82) is 0 Å². The summed E-state index contributed by atoms with van der Waals surface area (Å²) >= 11 is 0. The standard InChI is InChI=1S/C9H6F3N5O/c10-9(11,12)6-3-4(7(13)18)1-2-5(6)8-14-16-17-15-8/h1-3H,(H2,13,18)(H,14,15,16,17). The summed E-state index contributed by atoms with van der Waals surface area (Å²) in [7, 11) is 0. The number of tetrazole rings is 1. The monoisotopic (exact) mass is 257 g/mol. The molecule has 0 fully saturated rings. The average Bonchev–Trinajstić information content (AvgIpc) is 2.80. The Bertz CT molecular complexity index is 578. The lowest BCUT2D eigenvalue weighted by Gasteiger charge is -2.11. The van der Waals surface area contributed by atoms with Crippen molar-refractivity contribution in [3.8, 4) is 11.4 Å². The molecule has 9 heteroatoms. The van der Waals surface area contributed by atoms with Gasteiger partial charge in [-0.2, -0.15) is 18.4 Å². The SMILES string of the molecule is NC(=O)c1ccc(-c2nn[nH]n2)c(C(F)(F)F)c1. The van der Waals surface area contributed by atoms with Gasteiger partial charge in [-0.25, -0.2) is 0 Å². The lowest BCUT2D eigenvalue weighted by molar-refractivity contribution is -0.137. The first-order chi connectivity index (χ1) is 8.39. The minimum Gasteiger partial charge on any atom is -0.366 e. The van der Waals surface area contributed by atoms with Gasteiger partial charge in [-0.05, 0) is 23.4 Å². The number of primary amides is 1. The van der Waals surface area contributed by atoms with Crippen LogP contribution in [0.1, 0.15) is 15.9 Å². The topological polar surface area (TPSA) is 97.5 Å². The van der Waals surface area contributed by atoms with Crippen LogP contribution in [0.4, 0.5) is 13.2 Å². The van der Waals surface area contributed by atoms with Crippen molar-refractivity contribution in [2.75, 3.05) is 0 Å². The molecule has 2 aromatic rings. The number of aromatic nitrogens is 4. The second-order valence-electron chi connectivity index (χ2n) is 3.36. The van der Waals surface area contributed by atoms with Crippen LogP contribution >= 0.6 is 0 Å². The zero-order valence-electron chi connectivity index (χ0n) is 8.69. The molecule has 0 bridgehead atoms. The molecule has 1 aromatic heterocycles. The van der Waals surface area contributed by atoms with Gasteiger partial charge in [0.05, 0.1) is 5.56 Å². The molecule has 94 valence electrons. The minimum atomic E-state index is -4.65. The number of carbonyl (C=O) groups excluding carboxylic acids is 1. The highest BCUT2D eigenvalue weighted by Crippen LogP contribution is 2.36. The predicted molar refractivity (Wildman–Crippen MR) is 53.1 cm³/mol. The van der Waals surface area contributed by atoms with Gasteiger partial charge in [0.2, 0.25) is 11.7 Å². The maximum atomic E-state index is 12.8. The van der Waals surface area contributed by atoms with E-state index in [2.05, 4.69) is 20.6 Å². The Morgan fingerprint density at radius 1 is 1.33 bits per heavy atom. The molecule has 1 aromatic carbocycles. The van der Waals surface area contributed by atoms with E-state index in [1.807, 2.05) is 0 Å². The third-order valence-electron chi connectivity index (χ3n) is 2.20. The number of nitrogens with zero attached hydrogens (tertiary/aromatic N) is 3. The van der Waals surface area contributed by atoms with Gasteiger partial charge in [0, 0.05) is 11.1 Å². The molecule has 6 nitrogen and oxygen atoms in total. The van der Waals surface area contributed by atoms with Crippen molar-refractivity contribution in [3.63, 3.8) is 0 Å². The molecule has 0 saturated carbocycles. The maximum Gasteiger partial charge on any atom is 0.417 e. The van der Waals surface area contributed by atoms with Crippen LogP contribution in [0.25, 0.3) is 11.4 Å². The van der Waals surface area contributed by atoms with E-state index < -0.39 is 17.6 Å². The van der Waals surface area contributed by atoms with Gasteiger partial charge in [-0.1, -0.05) is 0 Å². The van der Waals surface area contributed by atoms with Crippen molar-refractivity contribution >= 4 is 5.91 Å². The number of nitrogens with one attached hydrogen (secondary N) is 1. The number of nitrogens with two attached hydrogens (primary N) is 1. The van der Waals surface area contributed by atoms with Crippen LogP contribution in [-0.2, 0) is 6.18 Å². The summed E-state index contributed by atoms with van der Waals surface area (Å²) in [6.45, 7) is 0. The molecule has 3 N–H and O–H groups in total. The zero-order valence-corrected chi connectivity index (χ0v) is 8.69. The summed E-state index contributed by atoms with van der Waals surface area (Å²) in [5.41, 5.74) is 3.38. The highest BCUT2D eigenvalue weighted by Gasteiger charge is 2.35. The second-order valence-corrected chi connectivity index (χ2v) is 3.36. The van der Waals surface area contributed by atoms with Gasteiger partial charge in [-0.15, -0.1) is 10.2 Å². The first-order valence-corrected chi connectivity index (χ1v) is 4.64. The number of aromatic amines is 1. The number of carbonyl (C=O) groups is 1. The van der Waals surface area contributed by atoms with Crippen LogP contribution in [0.3, 0.4) is 0 Å². The quantitative estimate of drug-likeness (QED) is 0.837. The second kappa shape index (κ2) is 4.09. The van der Waals surface area contributed by atoms with Gasteiger partial charge in [-0.3, -0.25) is 4.79 Å². The highest BCUT2D eigenvalue weighted by molar-refractivity contribution is 5.93. The number of halogens is 3. The molecule has 1 heterocycles. The molecule has 0 radical (unpaired) electrons. The van der Waals surface area contributed by atoms with Gasteiger partial charge < -0.3 is 5.73 Å². The number of alkyl halides is 3. The molecule has 18 heavy (non-hydrogen) atoms. The number of amides is 1. The molecule has 0 aliphatic carbocycles. The largest absolute Gasteiger partial charge is 0.417 e. The maximum absolute atomic E-state index is 12.8. The van der Waals surface area contributed by atoms with Crippen molar-refractivity contribution in [1.82, 2.24) is 20.6 Å². The van der Waals surface area contributed by atoms with Crippen molar-refractivity contribution in [2.24, 2.45) is 5.73 Å². The summed E-state index contributed by atoms with van der Waals surface area (Å²) in [5.74, 6) is -1.15. The van der Waals surface area contributed by atoms with Crippen molar-refractivity contribution in [2.45, 2.75) is 6.18 Å². The third kappa shape index (κ3) is 2.14. The molecule has 0 saturated heterocycles. The van der Waals surface area contributed by atoms with Gasteiger partial charge in [0.25, 0.3) is 0 Å². The molecular formula is C9H6F3N5O. The van der Waals surface area contributed by atoms with E-state index in [0.29, 0.717) is 6.07 Å². The molecule has 2 rings (SSSR count). The number of hydrogen-bond acceptors (Lipinski definition) is 4. The van der Waals surface area contributed by atoms with Crippen molar-refractivity contribution in [3.05, 3.63) is 29.3 Å². The van der Waals surface area contributed by atoms with E-state index in [-0.39, 0.29) is 17.0 Å². The van der Waals surface area contributed by atoms with Crippen LogP contribution in [0.2, 0.25) is 0 Å². The fourth-order valence-corrected chi connectivity index (χ4v) is 1.40. The van der Waals surface area contributed by atoms with E-state index in [9.17, 15) is 18.0 Å². The lowest BCUT2D eigenvalue weighted by Crippen LogP contribution is -2.14. The third-order valence-corrected chi connectivity index (χ3v) is 2.20. The molecule has 0 aliphatic heterocycles. The molecule has 0 aliphatic rings. The predicted octanol–water partition coefficient (Wildman–Crippen LogP) is 0.984. The van der Waals surface area contributed by atoms with Crippen LogP contribution in [0.15, 0.2) is 18.2 Å². The Labute approximate surface area is 98.0 Å². The summed E-state index contributed by atoms with van der Waals surface area (Å²) in [5, 5.41) is 12.2. The Morgan fingerprint density at radius 3 is 2.56 bits per heavy atom. The van der Waals surface area contributed by atoms with Crippen LogP contribution in [0, 0.1) is 0 Å². The first kappa shape index (κ1) is 12.0. The lowest BCUT2D eigenvalue weighted by atomic mass is 10.0. The Morgan fingerprint density at radius 2 is 2.06 bits per heavy atom. The number of rotatable bonds is 2. The summed E-state index contributed by atoms with van der Waals surface area (Å²) in [6, 6.07) is 2.91. The van der Waals surface area contributed by atoms with Gasteiger partial charge in [0.15, 0.2) is 0 Å². The molecule has 0 unspecified atom stereocenters. The Hall–Kier alpha value is -2.45. The normalized spacial score (nSPS) is 11.5. The van der Waals surface area contributed by atoms with E-state index in [0.717, 1.165) is 6.07 Å². The Balaban J connectivity index is 2.64. The average molecular weight is 257 g/mol. The highest BCUT2D eigenvalue weighted by atomic mass is 19.4. The zero-order chi connectivity index (χ0) is 13.3. The molecular weight excluding hydrogens is 251 g/mol. The van der Waals surface area contributed by atoms with Crippen LogP contribution in [-0.4, -0.2) is 26.5 Å². The van der Waals surface area contributed by atoms with Crippen molar-refractivity contribution < 1.29 is 18.0 Å². The van der Waals surface area contributed by atoms with Gasteiger partial charge in [0.1, 0.15) is 0 Å². The molecule has 0 spiro atoms. The first-order valence-electron chi connectivity index (χ1n) is 4.64. The van der Waals surface area contributed by atoms with E-state index >= 15 is 0 Å². The van der Waals surface area contributed by atoms with E-state index in [4.69, 9.17) is 5.73 Å².